The number of carboxylic acids is 2. The van der Waals surface area contributed by atoms with Gasteiger partial charge in [0.25, 0.3) is 0 Å². The van der Waals surface area contributed by atoms with Crippen molar-refractivity contribution in [3.63, 3.8) is 0 Å². The van der Waals surface area contributed by atoms with Gasteiger partial charge in [-0.3, -0.25) is 4.79 Å². The van der Waals surface area contributed by atoms with Gasteiger partial charge < -0.3 is 29.9 Å². The van der Waals surface area contributed by atoms with Crippen molar-refractivity contribution >= 4 is 23.8 Å². The normalized spacial score (nSPS) is 7.67. The quantitative estimate of drug-likeness (QED) is 0.201. The maximum atomic E-state index is 10.1. The second-order valence-corrected chi connectivity index (χ2v) is 3.12. The van der Waals surface area contributed by atoms with Crippen LogP contribution in [0.3, 0.4) is 0 Å². The molecule has 0 heterocycles. The molecule has 0 saturated heterocycles. The van der Waals surface area contributed by atoms with Crippen LogP contribution in [-0.2, 0) is 23.9 Å². The van der Waals surface area contributed by atoms with Crippen molar-refractivity contribution in [2.24, 2.45) is 0 Å². The summed E-state index contributed by atoms with van der Waals surface area (Å²) < 4.78 is 4.49. The van der Waals surface area contributed by atoms with Crippen molar-refractivity contribution in [3.8, 4) is 0 Å². The molecule has 0 aromatic rings. The molecule has 0 rings (SSSR count). The monoisotopic (exact) mass is 287 g/mol. The van der Waals surface area contributed by atoms with Gasteiger partial charge in [-0.15, -0.1) is 0 Å². The van der Waals surface area contributed by atoms with Crippen LogP contribution in [0.2, 0.25) is 0 Å². The van der Waals surface area contributed by atoms with Crippen LogP contribution in [0.25, 0.3) is 0 Å². The largest absolute Gasteiger partial charge is 1.00 e. The first-order valence-electron chi connectivity index (χ1n) is 5.33. The summed E-state index contributed by atoms with van der Waals surface area (Å²) in [6, 6.07) is 0. The number of esters is 1. The maximum Gasteiger partial charge on any atom is 1.00 e. The summed E-state index contributed by atoms with van der Waals surface area (Å²) >= 11 is 0. The standard InChI is InChI=1S/C6H8O3.C5H9NO4.2Li/c1-6(8)9-5-3-2-4-7;7-4(8)1-2-6-3-5(9)10;;/h2H,3,5H2,1H3;6H,1-3H2,(H,7,8)(H,9,10);;/q;;2*+1/p-2. The summed E-state index contributed by atoms with van der Waals surface area (Å²) in [6.07, 6.45) is 1.54. The molecule has 0 fully saturated rings. The Morgan fingerprint density at radius 1 is 1.19 bits per heavy atom. The van der Waals surface area contributed by atoms with E-state index in [4.69, 9.17) is 0 Å². The number of rotatable bonds is 8. The van der Waals surface area contributed by atoms with E-state index in [9.17, 15) is 29.4 Å². The average Bonchev–Trinajstić information content (AvgIpc) is 2.30. The summed E-state index contributed by atoms with van der Waals surface area (Å²) in [7, 11) is 0. The number of hydrogen-bond donors (Lipinski definition) is 1. The Morgan fingerprint density at radius 3 is 2.14 bits per heavy atom. The van der Waals surface area contributed by atoms with Gasteiger partial charge in [-0.1, -0.05) is 0 Å². The Labute approximate surface area is 146 Å². The predicted octanol–water partition coefficient (Wildman–Crippen LogP) is -9.20. The third-order valence-corrected chi connectivity index (χ3v) is 1.43. The molecule has 21 heavy (non-hydrogen) atoms. The molecule has 0 radical (unpaired) electrons. The summed E-state index contributed by atoms with van der Waals surface area (Å²) in [5, 5.41) is 21.8. The third kappa shape index (κ3) is 38.1. The molecule has 0 amide bonds. The fourth-order valence-electron chi connectivity index (χ4n) is 0.701. The van der Waals surface area contributed by atoms with Crippen LogP contribution in [0.15, 0.2) is 6.08 Å². The first-order chi connectivity index (χ1) is 8.90. The number of aliphatic carboxylic acids is 2. The Kier molecular flexibility index (Phi) is 28.6. The van der Waals surface area contributed by atoms with Crippen molar-refractivity contribution in [1.82, 2.24) is 5.32 Å². The van der Waals surface area contributed by atoms with Crippen molar-refractivity contribution in [2.45, 2.75) is 19.8 Å². The Hall–Kier alpha value is -0.985. The van der Waals surface area contributed by atoms with Gasteiger partial charge in [-0.25, -0.2) is 4.79 Å². The zero-order valence-corrected chi connectivity index (χ0v) is 12.5. The first kappa shape index (κ1) is 28.2. The molecule has 0 aliphatic rings. The molecule has 0 aliphatic heterocycles. The van der Waals surface area contributed by atoms with Gasteiger partial charge in [-0.2, -0.15) is 0 Å². The van der Waals surface area contributed by atoms with Crippen LogP contribution in [0.4, 0.5) is 0 Å². The van der Waals surface area contributed by atoms with E-state index in [1.165, 1.54) is 13.0 Å². The van der Waals surface area contributed by atoms with Gasteiger partial charge in [0.2, 0.25) is 0 Å². The molecule has 1 N–H and O–H groups in total. The van der Waals surface area contributed by atoms with Crippen LogP contribution < -0.4 is 53.3 Å². The van der Waals surface area contributed by atoms with Gasteiger partial charge in [0.15, 0.2) is 0 Å². The van der Waals surface area contributed by atoms with E-state index in [-0.39, 0.29) is 69.8 Å². The minimum atomic E-state index is -1.25. The number of ether oxygens (including phenoxy) is 1. The molecule has 0 unspecified atom stereocenters. The van der Waals surface area contributed by atoms with Gasteiger partial charge in [0.05, 0.1) is 12.6 Å². The Morgan fingerprint density at radius 2 is 1.76 bits per heavy atom. The fourth-order valence-corrected chi connectivity index (χ4v) is 0.701. The Bertz CT molecular complexity index is 325. The maximum absolute atomic E-state index is 10.1. The third-order valence-electron chi connectivity index (χ3n) is 1.43. The molecule has 0 atom stereocenters. The zero-order chi connectivity index (χ0) is 15.1. The van der Waals surface area contributed by atoms with Crippen molar-refractivity contribution in [1.29, 1.82) is 0 Å². The van der Waals surface area contributed by atoms with Crippen LogP contribution >= 0.6 is 0 Å². The summed E-state index contributed by atoms with van der Waals surface area (Å²) in [5.74, 6) is -1.20. The second-order valence-electron chi connectivity index (χ2n) is 3.12. The van der Waals surface area contributed by atoms with E-state index in [2.05, 4.69) is 10.1 Å². The summed E-state index contributed by atoms with van der Waals surface area (Å²) in [4.78, 5) is 39.0. The summed E-state index contributed by atoms with van der Waals surface area (Å²) in [6.45, 7) is 1.36. The van der Waals surface area contributed by atoms with Crippen LogP contribution in [0.1, 0.15) is 19.8 Å². The van der Waals surface area contributed by atoms with Gasteiger partial charge in [-0.05, 0) is 6.42 Å². The number of carbonyl (C=O) groups is 3. The van der Waals surface area contributed by atoms with Crippen LogP contribution in [0.5, 0.6) is 0 Å². The van der Waals surface area contributed by atoms with E-state index < -0.39 is 11.9 Å². The molecular weight excluding hydrogens is 272 g/mol. The minimum Gasteiger partial charge on any atom is -0.550 e. The van der Waals surface area contributed by atoms with E-state index in [1.54, 1.807) is 5.94 Å². The molecule has 0 aromatic heterocycles. The van der Waals surface area contributed by atoms with Crippen molar-refractivity contribution < 1.29 is 71.8 Å². The van der Waals surface area contributed by atoms with Crippen LogP contribution in [-0.4, -0.2) is 43.5 Å². The molecule has 0 saturated carbocycles. The number of carbonyl (C=O) groups excluding carboxylic acids is 4. The zero-order valence-electron chi connectivity index (χ0n) is 12.5. The second kappa shape index (κ2) is 21.3. The van der Waals surface area contributed by atoms with Crippen molar-refractivity contribution in [3.05, 3.63) is 6.08 Å². The predicted molar refractivity (Wildman–Crippen MR) is 59.0 cm³/mol. The molecule has 0 bridgehead atoms. The number of hydrogen-bond acceptors (Lipinski definition) is 8. The molecule has 8 nitrogen and oxygen atoms in total. The Balaban J connectivity index is -0.000000126. The SMILES string of the molecule is CC(=O)OCCC=C=O.O=C([O-])CCNCC(=O)[O-].[Li+].[Li+]. The van der Waals surface area contributed by atoms with E-state index in [1.807, 2.05) is 0 Å². The summed E-state index contributed by atoms with van der Waals surface area (Å²) in [5.41, 5.74) is 0. The fraction of sp³-hybridized carbons (Fsp3) is 0.545. The molecule has 10 heteroatoms. The van der Waals surface area contributed by atoms with Crippen LogP contribution in [0, 0.1) is 0 Å². The number of nitrogens with one attached hydrogen (secondary N) is 1. The van der Waals surface area contributed by atoms with E-state index >= 15 is 0 Å². The first-order valence-corrected chi connectivity index (χ1v) is 5.33. The van der Waals surface area contributed by atoms with Gasteiger partial charge in [0, 0.05) is 38.5 Å². The smallest absolute Gasteiger partial charge is 0.550 e. The molecule has 0 aliphatic carbocycles. The van der Waals surface area contributed by atoms with Gasteiger partial charge >= 0.3 is 43.7 Å². The number of carboxylic acid groups (broad SMARTS) is 2. The van der Waals surface area contributed by atoms with Crippen molar-refractivity contribution in [2.75, 3.05) is 19.7 Å². The molecule has 108 valence electrons. The molecule has 0 spiro atoms. The minimum absolute atomic E-state index is 0. The molecule has 0 aromatic carbocycles. The van der Waals surface area contributed by atoms with E-state index in [0.29, 0.717) is 6.42 Å². The van der Waals surface area contributed by atoms with E-state index in [0.717, 1.165) is 0 Å². The topological polar surface area (TPSA) is 136 Å². The molecular formula is C11H15Li2NO7. The van der Waals surface area contributed by atoms with Gasteiger partial charge in [0.1, 0.15) is 5.94 Å². The average molecular weight is 287 g/mol.